The van der Waals surface area contributed by atoms with Gasteiger partial charge in [-0.3, -0.25) is 4.79 Å². The van der Waals surface area contributed by atoms with Crippen molar-refractivity contribution in [2.45, 2.75) is 12.0 Å². The molecule has 1 atom stereocenters. The molecule has 0 spiro atoms. The molecule has 108 valence electrons. The number of aromatic nitrogens is 2. The van der Waals surface area contributed by atoms with Crippen LogP contribution in [-0.2, 0) is 9.53 Å². The summed E-state index contributed by atoms with van der Waals surface area (Å²) in [5.74, 6) is 0.717. The summed E-state index contributed by atoms with van der Waals surface area (Å²) in [6, 6.07) is 1.79. The second-order valence-electron chi connectivity index (χ2n) is 5.29. The number of hydrogen-bond acceptors (Lipinski definition) is 6. The van der Waals surface area contributed by atoms with Gasteiger partial charge in [0.15, 0.2) is 0 Å². The van der Waals surface area contributed by atoms with Crippen LogP contribution in [0.15, 0.2) is 18.5 Å². The summed E-state index contributed by atoms with van der Waals surface area (Å²) in [5, 5.41) is 0. The van der Waals surface area contributed by atoms with E-state index in [-0.39, 0.29) is 5.91 Å². The Bertz CT molecular complexity index is 467. The molecule has 7 heteroatoms. The van der Waals surface area contributed by atoms with Crippen molar-refractivity contribution in [1.29, 1.82) is 0 Å². The minimum absolute atomic E-state index is 0.00336. The van der Waals surface area contributed by atoms with Crippen molar-refractivity contribution >= 4 is 11.9 Å². The number of rotatable bonds is 2. The smallest absolute Gasteiger partial charge is 0.245 e. The Labute approximate surface area is 117 Å². The maximum atomic E-state index is 12.4. The van der Waals surface area contributed by atoms with Crippen molar-refractivity contribution in [1.82, 2.24) is 14.9 Å². The maximum absolute atomic E-state index is 12.4. The van der Waals surface area contributed by atoms with Gasteiger partial charge in [-0.1, -0.05) is 0 Å². The third-order valence-electron chi connectivity index (χ3n) is 3.88. The number of carbonyl (C=O) groups excluding carboxylic acids is 1. The molecule has 7 nitrogen and oxygen atoms in total. The Morgan fingerprint density at radius 2 is 1.95 bits per heavy atom. The van der Waals surface area contributed by atoms with Gasteiger partial charge in [0.05, 0.1) is 6.61 Å². The Kier molecular flexibility index (Phi) is 3.54. The summed E-state index contributed by atoms with van der Waals surface area (Å²) < 4.78 is 5.26. The molecule has 2 N–H and O–H groups in total. The topological polar surface area (TPSA) is 84.6 Å². The Morgan fingerprint density at radius 3 is 2.55 bits per heavy atom. The van der Waals surface area contributed by atoms with Crippen LogP contribution in [0.2, 0.25) is 0 Å². The van der Waals surface area contributed by atoms with Crippen LogP contribution in [0.25, 0.3) is 0 Å². The van der Waals surface area contributed by atoms with Crippen LogP contribution in [0.3, 0.4) is 0 Å². The molecule has 0 saturated carbocycles. The van der Waals surface area contributed by atoms with E-state index in [1.165, 1.54) is 0 Å². The summed E-state index contributed by atoms with van der Waals surface area (Å²) in [5.41, 5.74) is 5.30. The van der Waals surface area contributed by atoms with Crippen molar-refractivity contribution in [3.05, 3.63) is 18.5 Å². The molecule has 1 aromatic heterocycles. The van der Waals surface area contributed by atoms with Gasteiger partial charge in [-0.05, 0) is 12.5 Å². The van der Waals surface area contributed by atoms with Crippen LogP contribution in [0.5, 0.6) is 0 Å². The normalized spacial score (nSPS) is 26.9. The second kappa shape index (κ2) is 5.34. The zero-order valence-corrected chi connectivity index (χ0v) is 11.4. The average molecular weight is 277 g/mol. The molecule has 2 saturated heterocycles. The largest absolute Gasteiger partial charge is 0.379 e. The molecule has 1 aromatic rings. The summed E-state index contributed by atoms with van der Waals surface area (Å²) in [6.07, 6.45) is 4.06. The van der Waals surface area contributed by atoms with E-state index in [1.807, 2.05) is 4.90 Å². The van der Waals surface area contributed by atoms with Crippen LogP contribution in [-0.4, -0.2) is 65.7 Å². The van der Waals surface area contributed by atoms with E-state index in [9.17, 15) is 4.79 Å². The molecule has 0 radical (unpaired) electrons. The molecular formula is C13H19N5O2. The van der Waals surface area contributed by atoms with Crippen molar-refractivity contribution < 1.29 is 9.53 Å². The Hall–Kier alpha value is -1.73. The fraction of sp³-hybridized carbons (Fsp3) is 0.615. The molecule has 0 aromatic carbocycles. The molecule has 2 aliphatic heterocycles. The minimum Gasteiger partial charge on any atom is -0.379 e. The van der Waals surface area contributed by atoms with Gasteiger partial charge in [-0.25, -0.2) is 9.97 Å². The highest BCUT2D eigenvalue weighted by molar-refractivity contribution is 5.86. The predicted molar refractivity (Wildman–Crippen MR) is 73.2 cm³/mol. The van der Waals surface area contributed by atoms with Gasteiger partial charge in [0, 0.05) is 45.2 Å². The quantitative estimate of drug-likeness (QED) is 0.765. The molecule has 0 aliphatic carbocycles. The molecule has 20 heavy (non-hydrogen) atoms. The Morgan fingerprint density at radius 1 is 1.25 bits per heavy atom. The molecule has 2 aliphatic rings. The molecule has 1 unspecified atom stereocenters. The second-order valence-corrected chi connectivity index (χ2v) is 5.29. The number of hydrogen-bond donors (Lipinski definition) is 1. The van der Waals surface area contributed by atoms with Crippen molar-refractivity contribution in [3.8, 4) is 0 Å². The van der Waals surface area contributed by atoms with Crippen molar-refractivity contribution in [3.63, 3.8) is 0 Å². The Balaban J connectivity index is 1.60. The van der Waals surface area contributed by atoms with Gasteiger partial charge >= 0.3 is 0 Å². The summed E-state index contributed by atoms with van der Waals surface area (Å²) in [6.45, 7) is 3.65. The highest BCUT2D eigenvalue weighted by Gasteiger charge is 2.41. The SMILES string of the molecule is NC1(C(=O)N2CCN(c3ncccn3)CC2)CCOC1. The molecular weight excluding hydrogens is 258 g/mol. The summed E-state index contributed by atoms with van der Waals surface area (Å²) in [4.78, 5) is 24.8. The number of piperazine rings is 1. The number of ether oxygens (including phenoxy) is 1. The number of amides is 1. The first kappa shape index (κ1) is 13.3. The van der Waals surface area contributed by atoms with Gasteiger partial charge in [-0.15, -0.1) is 0 Å². The van der Waals surface area contributed by atoms with Crippen LogP contribution < -0.4 is 10.6 Å². The molecule has 0 bridgehead atoms. The third-order valence-corrected chi connectivity index (χ3v) is 3.88. The molecule has 3 rings (SSSR count). The van der Waals surface area contributed by atoms with Crippen molar-refractivity contribution in [2.75, 3.05) is 44.3 Å². The van der Waals surface area contributed by atoms with Gasteiger partial charge in [0.2, 0.25) is 11.9 Å². The summed E-state index contributed by atoms with van der Waals surface area (Å²) >= 11 is 0. The maximum Gasteiger partial charge on any atom is 0.245 e. The van der Waals surface area contributed by atoms with E-state index < -0.39 is 5.54 Å². The van der Waals surface area contributed by atoms with E-state index in [2.05, 4.69) is 14.9 Å². The van der Waals surface area contributed by atoms with Crippen molar-refractivity contribution in [2.24, 2.45) is 5.73 Å². The third kappa shape index (κ3) is 2.46. The van der Waals surface area contributed by atoms with E-state index >= 15 is 0 Å². The van der Waals surface area contributed by atoms with E-state index in [0.29, 0.717) is 38.7 Å². The monoisotopic (exact) mass is 277 g/mol. The lowest BCUT2D eigenvalue weighted by molar-refractivity contribution is -0.137. The van der Waals surface area contributed by atoms with E-state index in [0.717, 1.165) is 13.1 Å². The van der Waals surface area contributed by atoms with Gasteiger partial charge < -0.3 is 20.3 Å². The minimum atomic E-state index is -0.828. The van der Waals surface area contributed by atoms with Crippen LogP contribution >= 0.6 is 0 Å². The zero-order valence-electron chi connectivity index (χ0n) is 11.4. The molecule has 2 fully saturated rings. The van der Waals surface area contributed by atoms with Gasteiger partial charge in [0.1, 0.15) is 5.54 Å². The lowest BCUT2D eigenvalue weighted by Crippen LogP contribution is -2.60. The zero-order chi connectivity index (χ0) is 14.0. The standard InChI is InChI=1S/C13H19N5O2/c14-13(2-9-20-10-13)11(19)17-5-7-18(8-6-17)12-15-3-1-4-16-12/h1,3-4H,2,5-10,14H2. The number of nitrogens with zero attached hydrogens (tertiary/aromatic N) is 4. The first-order valence-electron chi connectivity index (χ1n) is 6.87. The number of anilines is 1. The lowest BCUT2D eigenvalue weighted by Gasteiger charge is -2.37. The molecule has 3 heterocycles. The lowest BCUT2D eigenvalue weighted by atomic mass is 9.98. The summed E-state index contributed by atoms with van der Waals surface area (Å²) in [7, 11) is 0. The first-order chi connectivity index (χ1) is 9.69. The van der Waals surface area contributed by atoms with E-state index in [4.69, 9.17) is 10.5 Å². The van der Waals surface area contributed by atoms with Crippen LogP contribution in [0, 0.1) is 0 Å². The average Bonchev–Trinajstić information content (AvgIpc) is 2.96. The highest BCUT2D eigenvalue weighted by Crippen LogP contribution is 2.20. The van der Waals surface area contributed by atoms with Crippen LogP contribution in [0.4, 0.5) is 5.95 Å². The number of nitrogens with two attached hydrogens (primary N) is 1. The fourth-order valence-corrected chi connectivity index (χ4v) is 2.63. The van der Waals surface area contributed by atoms with Gasteiger partial charge in [-0.2, -0.15) is 0 Å². The highest BCUT2D eigenvalue weighted by atomic mass is 16.5. The van der Waals surface area contributed by atoms with Crippen LogP contribution in [0.1, 0.15) is 6.42 Å². The first-order valence-corrected chi connectivity index (χ1v) is 6.87. The molecule has 1 amide bonds. The van der Waals surface area contributed by atoms with Gasteiger partial charge in [0.25, 0.3) is 0 Å². The fourth-order valence-electron chi connectivity index (χ4n) is 2.63. The number of carbonyl (C=O) groups is 1. The van der Waals surface area contributed by atoms with E-state index in [1.54, 1.807) is 18.5 Å². The predicted octanol–water partition coefficient (Wildman–Crippen LogP) is -0.757.